The van der Waals surface area contributed by atoms with E-state index in [-0.39, 0.29) is 5.52 Å². The Bertz CT molecular complexity index is 1110. The van der Waals surface area contributed by atoms with Crippen molar-refractivity contribution in [3.8, 4) is 5.69 Å². The molecular formula is C16H11F3N6. The predicted molar refractivity (Wildman–Crippen MR) is 83.3 cm³/mol. The van der Waals surface area contributed by atoms with Crippen LogP contribution in [-0.2, 0) is 6.18 Å². The van der Waals surface area contributed by atoms with Crippen LogP contribution in [0, 0.1) is 0 Å². The summed E-state index contributed by atoms with van der Waals surface area (Å²) in [6.07, 6.45) is -2.45. The minimum Gasteiger partial charge on any atom is -0.212 e. The summed E-state index contributed by atoms with van der Waals surface area (Å²) >= 11 is 0. The van der Waals surface area contributed by atoms with Crippen molar-refractivity contribution in [1.82, 2.24) is 30.4 Å². The second-order valence-electron chi connectivity index (χ2n) is 6.14. The minimum atomic E-state index is -4.48. The molecule has 5 rings (SSSR count). The van der Waals surface area contributed by atoms with Gasteiger partial charge < -0.3 is 0 Å². The molecule has 0 atom stereocenters. The van der Waals surface area contributed by atoms with Gasteiger partial charge in [0.2, 0.25) is 0 Å². The van der Waals surface area contributed by atoms with Gasteiger partial charge in [0, 0.05) is 5.56 Å². The number of H-pyrrole nitrogens is 1. The molecule has 0 radical (unpaired) electrons. The van der Waals surface area contributed by atoms with Crippen LogP contribution in [0.2, 0.25) is 0 Å². The quantitative estimate of drug-likeness (QED) is 0.603. The molecule has 9 heteroatoms. The Hall–Kier alpha value is -2.97. The molecule has 0 aliphatic heterocycles. The molecule has 0 bridgehead atoms. The molecule has 1 aliphatic rings. The van der Waals surface area contributed by atoms with E-state index in [0.29, 0.717) is 17.1 Å². The van der Waals surface area contributed by atoms with Crippen LogP contribution >= 0.6 is 0 Å². The van der Waals surface area contributed by atoms with Gasteiger partial charge in [0.15, 0.2) is 0 Å². The van der Waals surface area contributed by atoms with Gasteiger partial charge in [-0.2, -0.15) is 28.6 Å². The van der Waals surface area contributed by atoms with Crippen LogP contribution in [-0.4, -0.2) is 30.4 Å². The van der Waals surface area contributed by atoms with Gasteiger partial charge in [0.25, 0.3) is 0 Å². The molecule has 2 aromatic carbocycles. The maximum absolute atomic E-state index is 13.2. The Morgan fingerprint density at radius 2 is 1.88 bits per heavy atom. The highest BCUT2D eigenvalue weighted by Gasteiger charge is 2.35. The van der Waals surface area contributed by atoms with E-state index in [1.54, 1.807) is 12.1 Å². The second-order valence-corrected chi connectivity index (χ2v) is 6.14. The molecule has 2 heterocycles. The maximum Gasteiger partial charge on any atom is 0.418 e. The number of hydrogen-bond acceptors (Lipinski definition) is 4. The summed E-state index contributed by atoms with van der Waals surface area (Å²) in [5.74, 6) is 0.314. The van der Waals surface area contributed by atoms with Gasteiger partial charge >= 0.3 is 6.18 Å². The van der Waals surface area contributed by atoms with Gasteiger partial charge in [-0.05, 0) is 43.0 Å². The highest BCUT2D eigenvalue weighted by atomic mass is 19.4. The molecule has 6 nitrogen and oxygen atoms in total. The van der Waals surface area contributed by atoms with E-state index in [9.17, 15) is 13.2 Å². The monoisotopic (exact) mass is 344 g/mol. The summed E-state index contributed by atoms with van der Waals surface area (Å²) in [5.41, 5.74) is 2.49. The number of benzene rings is 2. The molecule has 0 spiro atoms. The zero-order chi connectivity index (χ0) is 17.2. The van der Waals surface area contributed by atoms with Crippen molar-refractivity contribution in [3.05, 3.63) is 41.5 Å². The third-order valence-electron chi connectivity index (χ3n) is 4.50. The summed E-state index contributed by atoms with van der Waals surface area (Å²) in [6.45, 7) is 0. The van der Waals surface area contributed by atoms with E-state index in [4.69, 9.17) is 0 Å². The third kappa shape index (κ3) is 2.11. The number of rotatable bonds is 2. The summed E-state index contributed by atoms with van der Waals surface area (Å²) < 4.78 is 41.1. The zero-order valence-electron chi connectivity index (χ0n) is 12.7. The fraction of sp³-hybridized carbons (Fsp3) is 0.250. The number of nitrogens with zero attached hydrogens (tertiary/aromatic N) is 5. The van der Waals surface area contributed by atoms with Crippen LogP contribution in [0.3, 0.4) is 0 Å². The molecule has 0 amide bonds. The van der Waals surface area contributed by atoms with Gasteiger partial charge in [-0.3, -0.25) is 0 Å². The van der Waals surface area contributed by atoms with Crippen LogP contribution in [0.4, 0.5) is 13.2 Å². The minimum absolute atomic E-state index is 0.156. The first-order valence-corrected chi connectivity index (χ1v) is 7.79. The first-order valence-electron chi connectivity index (χ1n) is 7.79. The van der Waals surface area contributed by atoms with Crippen molar-refractivity contribution < 1.29 is 13.2 Å². The SMILES string of the molecule is FC(F)(F)c1cccc2c1nnn2-c1ccc2n[nH]nc2c1C1CC1. The Morgan fingerprint density at radius 1 is 1.04 bits per heavy atom. The maximum atomic E-state index is 13.2. The molecule has 0 saturated heterocycles. The van der Waals surface area contributed by atoms with Crippen LogP contribution in [0.5, 0.6) is 0 Å². The number of fused-ring (bicyclic) bond motifs is 2. The topological polar surface area (TPSA) is 72.3 Å². The van der Waals surface area contributed by atoms with Crippen LogP contribution < -0.4 is 0 Å². The number of halogens is 3. The fourth-order valence-corrected chi connectivity index (χ4v) is 3.23. The molecular weight excluding hydrogens is 333 g/mol. The number of alkyl halides is 3. The molecule has 126 valence electrons. The van der Waals surface area contributed by atoms with Crippen molar-refractivity contribution >= 4 is 22.1 Å². The molecule has 4 aromatic rings. The second kappa shape index (κ2) is 4.78. The van der Waals surface area contributed by atoms with Crippen molar-refractivity contribution in [2.75, 3.05) is 0 Å². The number of aromatic nitrogens is 6. The van der Waals surface area contributed by atoms with Crippen molar-refractivity contribution in [2.24, 2.45) is 0 Å². The Kier molecular flexibility index (Phi) is 2.75. The van der Waals surface area contributed by atoms with Crippen LogP contribution in [0.15, 0.2) is 30.3 Å². The van der Waals surface area contributed by atoms with E-state index >= 15 is 0 Å². The van der Waals surface area contributed by atoms with Gasteiger partial charge in [-0.25, -0.2) is 4.68 Å². The Morgan fingerprint density at radius 3 is 2.64 bits per heavy atom. The number of hydrogen-bond donors (Lipinski definition) is 1. The van der Waals surface area contributed by atoms with Crippen molar-refractivity contribution in [1.29, 1.82) is 0 Å². The molecule has 1 N–H and O–H groups in total. The summed E-state index contributed by atoms with van der Waals surface area (Å²) in [6, 6.07) is 7.57. The fourth-order valence-electron chi connectivity index (χ4n) is 3.23. The molecule has 2 aromatic heterocycles. The third-order valence-corrected chi connectivity index (χ3v) is 4.50. The summed E-state index contributed by atoms with van der Waals surface area (Å²) in [4.78, 5) is 0. The Balaban J connectivity index is 1.80. The van der Waals surface area contributed by atoms with E-state index in [2.05, 4.69) is 25.7 Å². The normalized spacial score (nSPS) is 15.3. The van der Waals surface area contributed by atoms with Crippen LogP contribution in [0.25, 0.3) is 27.8 Å². The lowest BCUT2D eigenvalue weighted by atomic mass is 10.1. The smallest absolute Gasteiger partial charge is 0.212 e. The highest BCUT2D eigenvalue weighted by Crippen LogP contribution is 2.45. The average Bonchev–Trinajstić information content (AvgIpc) is 3.15. The van der Waals surface area contributed by atoms with Crippen molar-refractivity contribution in [2.45, 2.75) is 24.9 Å². The highest BCUT2D eigenvalue weighted by molar-refractivity contribution is 5.85. The average molecular weight is 344 g/mol. The lowest BCUT2D eigenvalue weighted by Crippen LogP contribution is -2.06. The Labute approximate surface area is 138 Å². The van der Waals surface area contributed by atoms with Gasteiger partial charge in [0.1, 0.15) is 16.6 Å². The largest absolute Gasteiger partial charge is 0.418 e. The standard InChI is InChI=1S/C16H11F3N6/c17-16(18,19)9-2-1-3-12-14(9)22-24-25(12)11-7-6-10-15(21-23-20-10)13(11)8-4-5-8/h1-3,6-8H,4-5H2,(H,20,21,23). The first kappa shape index (κ1) is 14.4. The molecule has 1 fully saturated rings. The van der Waals surface area contributed by atoms with E-state index in [1.165, 1.54) is 10.7 Å². The van der Waals surface area contributed by atoms with Crippen molar-refractivity contribution in [3.63, 3.8) is 0 Å². The van der Waals surface area contributed by atoms with Gasteiger partial charge in [0.05, 0.1) is 16.8 Å². The van der Waals surface area contributed by atoms with Crippen LogP contribution in [0.1, 0.15) is 29.9 Å². The van der Waals surface area contributed by atoms with E-state index < -0.39 is 11.7 Å². The molecule has 1 saturated carbocycles. The van der Waals surface area contributed by atoms with Gasteiger partial charge in [-0.1, -0.05) is 11.3 Å². The summed E-state index contributed by atoms with van der Waals surface area (Å²) in [5, 5.41) is 18.7. The van der Waals surface area contributed by atoms with Gasteiger partial charge in [-0.15, -0.1) is 5.10 Å². The summed E-state index contributed by atoms with van der Waals surface area (Å²) in [7, 11) is 0. The zero-order valence-corrected chi connectivity index (χ0v) is 12.7. The number of aromatic amines is 1. The predicted octanol–water partition coefficient (Wildman–Crippen LogP) is 3.59. The molecule has 25 heavy (non-hydrogen) atoms. The number of nitrogens with one attached hydrogen (secondary N) is 1. The molecule has 0 unspecified atom stereocenters. The first-order chi connectivity index (χ1) is 12.0. The molecule has 1 aliphatic carbocycles. The van der Waals surface area contributed by atoms with E-state index in [1.807, 2.05) is 6.07 Å². The van der Waals surface area contributed by atoms with E-state index in [0.717, 1.165) is 35.5 Å². The lowest BCUT2D eigenvalue weighted by molar-refractivity contribution is -0.136. The lowest BCUT2D eigenvalue weighted by Gasteiger charge is -2.10.